The fourth-order valence-electron chi connectivity index (χ4n) is 3.34. The van der Waals surface area contributed by atoms with Gasteiger partial charge in [-0.25, -0.2) is 4.68 Å². The van der Waals surface area contributed by atoms with Gasteiger partial charge in [-0.15, -0.1) is 0 Å². The van der Waals surface area contributed by atoms with Gasteiger partial charge >= 0.3 is 0 Å². The number of phenols is 2. The van der Waals surface area contributed by atoms with E-state index in [1.165, 1.54) is 13.2 Å². The molecule has 3 aromatic carbocycles. The van der Waals surface area contributed by atoms with Crippen molar-refractivity contribution in [2.45, 2.75) is 0 Å². The molecule has 7 heteroatoms. The van der Waals surface area contributed by atoms with Crippen LogP contribution in [0.15, 0.2) is 66.7 Å². The van der Waals surface area contributed by atoms with Crippen LogP contribution < -0.4 is 4.74 Å². The molecule has 170 valence electrons. The Morgan fingerprint density at radius 2 is 1.53 bits per heavy atom. The topological polar surface area (TPSA) is 84.6 Å². The van der Waals surface area contributed by atoms with Crippen LogP contribution in [0.25, 0.3) is 30.0 Å². The summed E-state index contributed by atoms with van der Waals surface area (Å²) in [6.07, 6.45) is 8.18. The number of nitrogens with zero attached hydrogens (tertiary/aromatic N) is 2. The molecule has 0 bridgehead atoms. The van der Waals surface area contributed by atoms with E-state index in [1.54, 1.807) is 30.3 Å². The van der Waals surface area contributed by atoms with Crippen molar-refractivity contribution in [2.75, 3.05) is 7.11 Å². The van der Waals surface area contributed by atoms with Crippen molar-refractivity contribution in [1.29, 1.82) is 0 Å². The molecule has 0 atom stereocenters. The number of methoxy groups -OCH3 is 1. The maximum absolute atomic E-state index is 11.1. The number of halogens is 1. The van der Waals surface area contributed by atoms with Gasteiger partial charge in [0.05, 0.1) is 29.7 Å². The zero-order chi connectivity index (χ0) is 24.1. The molecule has 1 aromatic heterocycles. The summed E-state index contributed by atoms with van der Waals surface area (Å²) in [5, 5.41) is 24.3. The van der Waals surface area contributed by atoms with E-state index in [2.05, 4.69) is 22.6 Å². The Hall–Kier alpha value is -3.85. The molecule has 0 fully saturated rings. The Morgan fingerprint density at radius 3 is 2.24 bits per heavy atom. The molecule has 0 aliphatic carbocycles. The van der Waals surface area contributed by atoms with Crippen molar-refractivity contribution in [3.63, 3.8) is 0 Å². The fourth-order valence-corrected chi connectivity index (χ4v) is 3.70. The number of aldehydes is 1. The Labute approximate surface area is 210 Å². The quantitative estimate of drug-likeness (QED) is 0.211. The monoisotopic (exact) mass is 564 g/mol. The first kappa shape index (κ1) is 23.3. The van der Waals surface area contributed by atoms with Crippen LogP contribution in [0.2, 0.25) is 0 Å². The average Bonchev–Trinajstić information content (AvgIpc) is 3.26. The van der Waals surface area contributed by atoms with Crippen LogP contribution in [0.1, 0.15) is 32.9 Å². The first-order valence-electron chi connectivity index (χ1n) is 10.3. The van der Waals surface area contributed by atoms with Gasteiger partial charge in [-0.05, 0) is 100 Å². The third-order valence-electron chi connectivity index (χ3n) is 5.10. The third-order valence-corrected chi connectivity index (χ3v) is 5.82. The summed E-state index contributed by atoms with van der Waals surface area (Å²) in [6, 6.07) is 20.0. The molecular weight excluding hydrogens is 543 g/mol. The highest BCUT2D eigenvalue weighted by molar-refractivity contribution is 14.1. The normalized spacial score (nSPS) is 11.4. The number of aromatic nitrogens is 2. The van der Waals surface area contributed by atoms with Gasteiger partial charge < -0.3 is 14.9 Å². The van der Waals surface area contributed by atoms with Gasteiger partial charge in [-0.3, -0.25) is 4.79 Å². The number of carbonyl (C=O) groups is 1. The number of carbonyl (C=O) groups excluding carboxylic acids is 1. The van der Waals surface area contributed by atoms with E-state index in [0.29, 0.717) is 12.0 Å². The number of aromatic hydroxyl groups is 2. The molecule has 0 radical (unpaired) electrons. The second-order valence-electron chi connectivity index (χ2n) is 7.42. The molecule has 0 amide bonds. The highest BCUT2D eigenvalue weighted by atomic mass is 127. The van der Waals surface area contributed by atoms with Gasteiger partial charge in [-0.1, -0.05) is 24.3 Å². The zero-order valence-corrected chi connectivity index (χ0v) is 20.4. The minimum Gasteiger partial charge on any atom is -0.507 e. The van der Waals surface area contributed by atoms with Crippen molar-refractivity contribution in [2.24, 2.45) is 0 Å². The molecular formula is C27H21IN2O4. The molecule has 4 aromatic rings. The lowest BCUT2D eigenvalue weighted by atomic mass is 10.1. The van der Waals surface area contributed by atoms with E-state index in [4.69, 9.17) is 9.84 Å². The zero-order valence-electron chi connectivity index (χ0n) is 18.2. The minimum atomic E-state index is -0.0478. The summed E-state index contributed by atoms with van der Waals surface area (Å²) >= 11 is 2.26. The van der Waals surface area contributed by atoms with Gasteiger partial charge in [0, 0.05) is 3.57 Å². The Kier molecular flexibility index (Phi) is 7.12. The SMILES string of the molecule is COc1cc(/C=C/c2cc(/C=C/c3ccc(O)c(C=O)c3)nn2-c2ccc(I)cc2)ccc1O. The van der Waals surface area contributed by atoms with E-state index in [9.17, 15) is 15.0 Å². The number of benzene rings is 3. The summed E-state index contributed by atoms with van der Waals surface area (Å²) < 4.78 is 8.17. The Balaban J connectivity index is 1.70. The van der Waals surface area contributed by atoms with Crippen LogP contribution in [0.5, 0.6) is 17.2 Å². The smallest absolute Gasteiger partial charge is 0.161 e. The molecule has 4 rings (SSSR count). The lowest BCUT2D eigenvalue weighted by Gasteiger charge is -2.05. The summed E-state index contributed by atoms with van der Waals surface area (Å²) in [7, 11) is 1.51. The predicted octanol–water partition coefficient (Wildman–Crippen LogP) is 6.05. The van der Waals surface area contributed by atoms with E-state index >= 15 is 0 Å². The van der Waals surface area contributed by atoms with Crippen molar-refractivity contribution in [1.82, 2.24) is 9.78 Å². The second kappa shape index (κ2) is 10.4. The van der Waals surface area contributed by atoms with Crippen molar-refractivity contribution >= 4 is 53.2 Å². The van der Waals surface area contributed by atoms with Crippen LogP contribution in [-0.4, -0.2) is 33.4 Å². The number of ether oxygens (including phenoxy) is 1. The molecule has 1 heterocycles. The molecule has 0 unspecified atom stereocenters. The second-order valence-corrected chi connectivity index (χ2v) is 8.66. The number of rotatable bonds is 7. The van der Waals surface area contributed by atoms with E-state index in [-0.39, 0.29) is 17.1 Å². The van der Waals surface area contributed by atoms with Crippen molar-refractivity contribution in [3.8, 4) is 22.9 Å². The van der Waals surface area contributed by atoms with E-state index in [1.807, 2.05) is 59.3 Å². The summed E-state index contributed by atoms with van der Waals surface area (Å²) in [6.45, 7) is 0. The molecule has 0 saturated heterocycles. The van der Waals surface area contributed by atoms with E-state index in [0.717, 1.165) is 31.8 Å². The van der Waals surface area contributed by atoms with Crippen LogP contribution in [0.3, 0.4) is 0 Å². The molecule has 2 N–H and O–H groups in total. The molecule has 34 heavy (non-hydrogen) atoms. The fraction of sp³-hybridized carbons (Fsp3) is 0.0370. The lowest BCUT2D eigenvalue weighted by molar-refractivity contribution is 0.112. The van der Waals surface area contributed by atoms with Crippen molar-refractivity contribution in [3.05, 3.63) is 98.4 Å². The van der Waals surface area contributed by atoms with Crippen LogP contribution >= 0.6 is 22.6 Å². The minimum absolute atomic E-state index is 0.0478. The number of hydrogen-bond donors (Lipinski definition) is 2. The van der Waals surface area contributed by atoms with Crippen LogP contribution in [0.4, 0.5) is 0 Å². The van der Waals surface area contributed by atoms with E-state index < -0.39 is 0 Å². The van der Waals surface area contributed by atoms with Gasteiger partial charge in [-0.2, -0.15) is 5.10 Å². The molecule has 0 spiro atoms. The van der Waals surface area contributed by atoms with Gasteiger partial charge in [0.15, 0.2) is 17.8 Å². The van der Waals surface area contributed by atoms with Gasteiger partial charge in [0.2, 0.25) is 0 Å². The van der Waals surface area contributed by atoms with Crippen LogP contribution in [0, 0.1) is 3.57 Å². The number of hydrogen-bond acceptors (Lipinski definition) is 5. The molecule has 0 saturated carbocycles. The third kappa shape index (κ3) is 5.37. The van der Waals surface area contributed by atoms with Gasteiger partial charge in [0.25, 0.3) is 0 Å². The first-order valence-corrected chi connectivity index (χ1v) is 11.4. The maximum Gasteiger partial charge on any atom is 0.161 e. The molecule has 0 aliphatic heterocycles. The standard InChI is InChI=1S/C27H21IN2O4/c1-34-27-15-19(5-13-26(27)33)3-9-24-16-22(29-30(24)23-10-6-21(28)7-11-23)8-2-18-4-12-25(32)20(14-18)17-31/h2-17,32-33H,1H3/b8-2+,9-3+. The predicted molar refractivity (Wildman–Crippen MR) is 142 cm³/mol. The number of phenolic OH excluding ortho intramolecular Hbond substituents is 2. The summed E-state index contributed by atoms with van der Waals surface area (Å²) in [5.74, 6) is 0.442. The lowest BCUT2D eigenvalue weighted by Crippen LogP contribution is -1.98. The van der Waals surface area contributed by atoms with Crippen molar-refractivity contribution < 1.29 is 19.7 Å². The Morgan fingerprint density at radius 1 is 0.853 bits per heavy atom. The molecule has 0 aliphatic rings. The summed E-state index contributed by atoms with van der Waals surface area (Å²) in [5.41, 5.74) is 4.37. The first-order chi connectivity index (χ1) is 16.5. The highest BCUT2D eigenvalue weighted by Crippen LogP contribution is 2.27. The highest BCUT2D eigenvalue weighted by Gasteiger charge is 2.08. The largest absolute Gasteiger partial charge is 0.507 e. The van der Waals surface area contributed by atoms with Crippen LogP contribution in [-0.2, 0) is 0 Å². The van der Waals surface area contributed by atoms with Gasteiger partial charge in [0.1, 0.15) is 5.75 Å². The maximum atomic E-state index is 11.1. The molecule has 6 nitrogen and oxygen atoms in total. The average molecular weight is 564 g/mol. The summed E-state index contributed by atoms with van der Waals surface area (Å²) in [4.78, 5) is 11.1. The Bertz CT molecular complexity index is 1390.